The summed E-state index contributed by atoms with van der Waals surface area (Å²) in [5.41, 5.74) is 2.17. The lowest BCUT2D eigenvalue weighted by Crippen LogP contribution is -2.21. The number of carbonyl (C=O) groups excluding carboxylic acids is 1. The third kappa shape index (κ3) is 4.53. The zero-order valence-electron chi connectivity index (χ0n) is 16.5. The summed E-state index contributed by atoms with van der Waals surface area (Å²) in [6.45, 7) is 7.99. The number of anilines is 2. The van der Waals surface area contributed by atoms with Crippen LogP contribution in [-0.2, 0) is 11.8 Å². The fourth-order valence-corrected chi connectivity index (χ4v) is 3.55. The molecule has 0 saturated carbocycles. The zero-order chi connectivity index (χ0) is 20.1. The van der Waals surface area contributed by atoms with E-state index in [0.717, 1.165) is 24.5 Å². The summed E-state index contributed by atoms with van der Waals surface area (Å²) in [4.78, 5) is 14.4. The van der Waals surface area contributed by atoms with E-state index in [1.807, 2.05) is 23.7 Å². The predicted molar refractivity (Wildman–Crippen MR) is 111 cm³/mol. The van der Waals surface area contributed by atoms with Gasteiger partial charge in [0, 0.05) is 37.5 Å². The standard InChI is InChI=1S/C19H24N6O2S/c1-5-25(6-2)15-9-7-14(8-10-15)18-21-22-19(24(18)4)28-12-17(26)20-16-11-13(3)27-23-16/h7-11H,5-6,12H2,1-4H3,(H,20,23,26). The van der Waals surface area contributed by atoms with Gasteiger partial charge in [0.1, 0.15) is 5.76 Å². The summed E-state index contributed by atoms with van der Waals surface area (Å²) in [6.07, 6.45) is 0. The van der Waals surface area contributed by atoms with Crippen LogP contribution in [0.15, 0.2) is 40.0 Å². The van der Waals surface area contributed by atoms with E-state index < -0.39 is 0 Å². The van der Waals surface area contributed by atoms with Crippen LogP contribution in [0.5, 0.6) is 0 Å². The molecule has 8 nitrogen and oxygen atoms in total. The Balaban J connectivity index is 1.64. The second-order valence-electron chi connectivity index (χ2n) is 6.24. The van der Waals surface area contributed by atoms with Crippen molar-refractivity contribution in [2.45, 2.75) is 25.9 Å². The molecule has 0 radical (unpaired) electrons. The molecule has 0 atom stereocenters. The van der Waals surface area contributed by atoms with Gasteiger partial charge in [-0.05, 0) is 45.0 Å². The maximum atomic E-state index is 12.1. The molecule has 28 heavy (non-hydrogen) atoms. The molecular weight excluding hydrogens is 376 g/mol. The predicted octanol–water partition coefficient (Wildman–Crippen LogP) is 3.36. The molecule has 9 heteroatoms. The molecule has 1 amide bonds. The normalized spacial score (nSPS) is 10.9. The molecule has 2 aromatic heterocycles. The summed E-state index contributed by atoms with van der Waals surface area (Å²) in [5.74, 6) is 1.86. The topological polar surface area (TPSA) is 89.1 Å². The lowest BCUT2D eigenvalue weighted by molar-refractivity contribution is -0.113. The van der Waals surface area contributed by atoms with Crippen LogP contribution in [0.2, 0.25) is 0 Å². The van der Waals surface area contributed by atoms with E-state index in [0.29, 0.717) is 16.7 Å². The number of carbonyl (C=O) groups is 1. The quantitative estimate of drug-likeness (QED) is 0.580. The molecule has 0 saturated heterocycles. The van der Waals surface area contributed by atoms with Gasteiger partial charge in [-0.25, -0.2) is 0 Å². The molecular formula is C19H24N6O2S. The number of aryl methyl sites for hydroxylation is 1. The second-order valence-corrected chi connectivity index (χ2v) is 7.19. The van der Waals surface area contributed by atoms with Gasteiger partial charge < -0.3 is 19.3 Å². The first-order chi connectivity index (χ1) is 13.5. The van der Waals surface area contributed by atoms with Crippen LogP contribution in [0, 0.1) is 6.92 Å². The minimum Gasteiger partial charge on any atom is -0.372 e. The summed E-state index contributed by atoms with van der Waals surface area (Å²) in [5, 5.41) is 15.6. The van der Waals surface area contributed by atoms with E-state index in [1.165, 1.54) is 17.4 Å². The van der Waals surface area contributed by atoms with Crippen molar-refractivity contribution in [3.63, 3.8) is 0 Å². The number of hydrogen-bond acceptors (Lipinski definition) is 7. The van der Waals surface area contributed by atoms with Crippen LogP contribution in [0.25, 0.3) is 11.4 Å². The van der Waals surface area contributed by atoms with E-state index >= 15 is 0 Å². The molecule has 0 aliphatic carbocycles. The Morgan fingerprint density at radius 3 is 2.54 bits per heavy atom. The first-order valence-electron chi connectivity index (χ1n) is 9.12. The highest BCUT2D eigenvalue weighted by Crippen LogP contribution is 2.25. The lowest BCUT2D eigenvalue weighted by Gasteiger charge is -2.21. The summed E-state index contributed by atoms with van der Waals surface area (Å²) < 4.78 is 6.83. The molecule has 1 N–H and O–H groups in total. The highest BCUT2D eigenvalue weighted by atomic mass is 32.2. The number of nitrogens with one attached hydrogen (secondary N) is 1. The second kappa shape index (κ2) is 8.92. The van der Waals surface area contributed by atoms with Gasteiger partial charge in [0.05, 0.1) is 5.75 Å². The molecule has 1 aromatic carbocycles. The number of thioether (sulfide) groups is 1. The minimum absolute atomic E-state index is 0.175. The van der Waals surface area contributed by atoms with Crippen molar-refractivity contribution in [3.8, 4) is 11.4 Å². The van der Waals surface area contributed by atoms with Gasteiger partial charge in [0.2, 0.25) is 5.91 Å². The average Bonchev–Trinajstić information content (AvgIpc) is 3.27. The fraction of sp³-hybridized carbons (Fsp3) is 0.368. The van der Waals surface area contributed by atoms with Crippen LogP contribution >= 0.6 is 11.8 Å². The summed E-state index contributed by atoms with van der Waals surface area (Å²) in [6, 6.07) is 9.96. The van der Waals surface area contributed by atoms with Crippen molar-refractivity contribution in [2.24, 2.45) is 7.05 Å². The van der Waals surface area contributed by atoms with Crippen molar-refractivity contribution in [2.75, 3.05) is 29.1 Å². The number of rotatable bonds is 8. The van der Waals surface area contributed by atoms with Crippen LogP contribution in [0.4, 0.5) is 11.5 Å². The van der Waals surface area contributed by atoms with E-state index in [4.69, 9.17) is 4.52 Å². The van der Waals surface area contributed by atoms with Gasteiger partial charge in [-0.3, -0.25) is 4.79 Å². The van der Waals surface area contributed by atoms with Crippen molar-refractivity contribution >= 4 is 29.2 Å². The van der Waals surface area contributed by atoms with Gasteiger partial charge in [-0.2, -0.15) is 0 Å². The van der Waals surface area contributed by atoms with Gasteiger partial charge in [0.15, 0.2) is 16.8 Å². The Bertz CT molecular complexity index is 930. The minimum atomic E-state index is -0.175. The summed E-state index contributed by atoms with van der Waals surface area (Å²) in [7, 11) is 1.90. The number of aromatic nitrogens is 4. The van der Waals surface area contributed by atoms with E-state index in [2.05, 4.69) is 51.6 Å². The third-order valence-corrected chi connectivity index (χ3v) is 5.34. The van der Waals surface area contributed by atoms with Gasteiger partial charge >= 0.3 is 0 Å². The highest BCUT2D eigenvalue weighted by molar-refractivity contribution is 7.99. The lowest BCUT2D eigenvalue weighted by atomic mass is 10.2. The first kappa shape index (κ1) is 19.9. The summed E-state index contributed by atoms with van der Waals surface area (Å²) >= 11 is 1.32. The highest BCUT2D eigenvalue weighted by Gasteiger charge is 2.14. The van der Waals surface area contributed by atoms with Crippen LogP contribution in [0.1, 0.15) is 19.6 Å². The van der Waals surface area contributed by atoms with Gasteiger partial charge in [0.25, 0.3) is 0 Å². The number of hydrogen-bond donors (Lipinski definition) is 1. The largest absolute Gasteiger partial charge is 0.372 e. The monoisotopic (exact) mass is 400 g/mol. The first-order valence-corrected chi connectivity index (χ1v) is 10.1. The SMILES string of the molecule is CCN(CC)c1ccc(-c2nnc(SCC(=O)Nc3cc(C)on3)n2C)cc1. The van der Waals surface area contributed by atoms with Crippen molar-refractivity contribution in [3.05, 3.63) is 36.1 Å². The smallest absolute Gasteiger partial charge is 0.236 e. The van der Waals surface area contributed by atoms with Crippen LogP contribution < -0.4 is 10.2 Å². The Morgan fingerprint density at radius 2 is 1.93 bits per heavy atom. The molecule has 148 valence electrons. The Morgan fingerprint density at radius 1 is 1.21 bits per heavy atom. The van der Waals surface area contributed by atoms with Crippen molar-refractivity contribution in [1.29, 1.82) is 0 Å². The van der Waals surface area contributed by atoms with Crippen molar-refractivity contribution < 1.29 is 9.32 Å². The maximum absolute atomic E-state index is 12.1. The van der Waals surface area contributed by atoms with Crippen LogP contribution in [-0.4, -0.2) is 44.7 Å². The van der Waals surface area contributed by atoms with Gasteiger partial charge in [-0.15, -0.1) is 10.2 Å². The molecule has 3 rings (SSSR count). The Hall–Kier alpha value is -2.81. The van der Waals surface area contributed by atoms with Crippen molar-refractivity contribution in [1.82, 2.24) is 19.9 Å². The average molecular weight is 401 g/mol. The molecule has 0 fully saturated rings. The number of nitrogens with zero attached hydrogens (tertiary/aromatic N) is 5. The molecule has 0 spiro atoms. The fourth-order valence-electron chi connectivity index (χ4n) is 2.84. The molecule has 0 bridgehead atoms. The Labute approximate surface area is 168 Å². The van der Waals surface area contributed by atoms with Crippen LogP contribution in [0.3, 0.4) is 0 Å². The molecule has 0 aliphatic rings. The molecule has 0 unspecified atom stereocenters. The zero-order valence-corrected chi connectivity index (χ0v) is 17.3. The maximum Gasteiger partial charge on any atom is 0.236 e. The Kier molecular flexibility index (Phi) is 6.35. The number of benzene rings is 1. The third-order valence-electron chi connectivity index (χ3n) is 4.32. The number of amides is 1. The van der Waals surface area contributed by atoms with E-state index in [9.17, 15) is 4.79 Å². The van der Waals surface area contributed by atoms with E-state index in [-0.39, 0.29) is 11.7 Å². The van der Waals surface area contributed by atoms with E-state index in [1.54, 1.807) is 13.0 Å². The van der Waals surface area contributed by atoms with Gasteiger partial charge in [-0.1, -0.05) is 16.9 Å². The molecule has 3 aromatic rings. The molecule has 0 aliphatic heterocycles. The molecule has 2 heterocycles.